The van der Waals surface area contributed by atoms with Crippen molar-refractivity contribution in [3.8, 4) is 0 Å². The molecule has 14 heavy (non-hydrogen) atoms. The molecule has 1 aromatic rings. The van der Waals surface area contributed by atoms with Crippen LogP contribution in [0.4, 0.5) is 5.69 Å². The third-order valence-electron chi connectivity index (χ3n) is 1.84. The number of hydrogen-bond acceptors (Lipinski definition) is 4. The van der Waals surface area contributed by atoms with E-state index in [-0.39, 0.29) is 11.2 Å². The molecule has 0 unspecified atom stereocenters. The van der Waals surface area contributed by atoms with Gasteiger partial charge >= 0.3 is 0 Å². The first-order valence-corrected chi connectivity index (χ1v) is 4.66. The first kappa shape index (κ1) is 10.8. The van der Waals surface area contributed by atoms with Crippen molar-refractivity contribution in [1.29, 1.82) is 0 Å². The molecule has 0 amide bonds. The zero-order chi connectivity index (χ0) is 10.7. The van der Waals surface area contributed by atoms with E-state index >= 15 is 0 Å². The number of hydrogen-bond donors (Lipinski definition) is 1. The summed E-state index contributed by atoms with van der Waals surface area (Å²) in [7, 11) is 0. The average molecular weight is 214 g/mol. The fourth-order valence-corrected chi connectivity index (χ4v) is 1.34. The summed E-state index contributed by atoms with van der Waals surface area (Å²) in [6.07, 6.45) is 1.26. The highest BCUT2D eigenvalue weighted by Gasteiger charge is 2.12. The molecule has 1 heterocycles. The quantitative estimate of drug-likeness (QED) is 0.463. The Balaban J connectivity index is 3.27. The minimum absolute atomic E-state index is 0.0358. The van der Waals surface area contributed by atoms with Gasteiger partial charge in [0.2, 0.25) is 0 Å². The minimum atomic E-state index is -0.496. The number of pyridine rings is 1. The molecule has 0 N–H and O–H groups in total. The summed E-state index contributed by atoms with van der Waals surface area (Å²) in [6, 6.07) is 1.27. The number of nitro groups is 1. The molecule has 0 aliphatic rings. The van der Waals surface area contributed by atoms with E-state index in [2.05, 4.69) is 12.6 Å². The Morgan fingerprint density at radius 3 is 2.79 bits per heavy atom. The average Bonchev–Trinajstić information content (AvgIpc) is 2.09. The first-order chi connectivity index (χ1) is 6.56. The normalized spacial score (nSPS) is 10.1. The van der Waals surface area contributed by atoms with E-state index in [1.807, 2.05) is 0 Å². The van der Waals surface area contributed by atoms with Crippen LogP contribution in [0.3, 0.4) is 0 Å². The van der Waals surface area contributed by atoms with E-state index in [1.54, 1.807) is 6.92 Å². The molecule has 0 spiro atoms. The van der Waals surface area contributed by atoms with E-state index in [9.17, 15) is 14.9 Å². The van der Waals surface area contributed by atoms with Gasteiger partial charge in [-0.15, -0.1) is 0 Å². The van der Waals surface area contributed by atoms with Gasteiger partial charge in [-0.1, -0.05) is 0 Å². The Morgan fingerprint density at radius 2 is 2.29 bits per heavy atom. The van der Waals surface area contributed by atoms with Crippen molar-refractivity contribution in [3.05, 3.63) is 38.3 Å². The largest absolute Gasteiger partial charge is 0.308 e. The van der Waals surface area contributed by atoms with Gasteiger partial charge in [0.1, 0.15) is 0 Å². The highest BCUT2D eigenvalue weighted by atomic mass is 32.1. The Kier molecular flexibility index (Phi) is 3.29. The molecule has 1 aromatic heterocycles. The summed E-state index contributed by atoms with van der Waals surface area (Å²) in [6.45, 7) is 1.92. The molecule has 1 rings (SSSR count). The fourth-order valence-electron chi connectivity index (χ4n) is 1.13. The molecule has 0 atom stereocenters. The maximum Gasteiger partial charge on any atom is 0.288 e. The van der Waals surface area contributed by atoms with Crippen LogP contribution in [-0.4, -0.2) is 15.2 Å². The topological polar surface area (TPSA) is 65.1 Å². The molecule has 0 fully saturated rings. The summed E-state index contributed by atoms with van der Waals surface area (Å²) in [5, 5.41) is 10.6. The third-order valence-corrected chi connectivity index (χ3v) is 2.04. The lowest BCUT2D eigenvalue weighted by Gasteiger charge is -2.03. The second-order valence-corrected chi connectivity index (χ2v) is 3.30. The van der Waals surface area contributed by atoms with Crippen LogP contribution in [-0.2, 0) is 6.54 Å². The number of aromatic nitrogens is 1. The molecule has 6 heteroatoms. The van der Waals surface area contributed by atoms with Crippen LogP contribution in [0.15, 0.2) is 17.1 Å². The van der Waals surface area contributed by atoms with E-state index in [0.717, 1.165) is 0 Å². The monoisotopic (exact) mass is 214 g/mol. The van der Waals surface area contributed by atoms with E-state index in [0.29, 0.717) is 17.9 Å². The van der Waals surface area contributed by atoms with Crippen LogP contribution in [0, 0.1) is 17.0 Å². The van der Waals surface area contributed by atoms with Crippen molar-refractivity contribution in [1.82, 2.24) is 4.57 Å². The smallest absolute Gasteiger partial charge is 0.288 e. The standard InChI is InChI=1S/C8H10N2O3S/c1-6-4-8(11)9(2-3-14)5-7(6)10(12)13/h4-5,14H,2-3H2,1H3. The van der Waals surface area contributed by atoms with Gasteiger partial charge in [0.05, 0.1) is 11.1 Å². The van der Waals surface area contributed by atoms with Crippen molar-refractivity contribution in [3.63, 3.8) is 0 Å². The molecular formula is C8H10N2O3S. The summed E-state index contributed by atoms with van der Waals surface area (Å²) >= 11 is 3.96. The van der Waals surface area contributed by atoms with Gasteiger partial charge in [-0.3, -0.25) is 14.9 Å². The van der Waals surface area contributed by atoms with Gasteiger partial charge in [-0.2, -0.15) is 12.6 Å². The maximum absolute atomic E-state index is 11.3. The molecule has 0 radical (unpaired) electrons. The van der Waals surface area contributed by atoms with Crippen LogP contribution in [0.1, 0.15) is 5.56 Å². The van der Waals surface area contributed by atoms with Gasteiger partial charge in [0, 0.05) is 23.9 Å². The van der Waals surface area contributed by atoms with Crippen molar-refractivity contribution < 1.29 is 4.92 Å². The predicted molar refractivity (Wildman–Crippen MR) is 55.9 cm³/mol. The molecular weight excluding hydrogens is 204 g/mol. The molecule has 0 saturated heterocycles. The van der Waals surface area contributed by atoms with Crippen LogP contribution in [0.2, 0.25) is 0 Å². The maximum atomic E-state index is 11.3. The minimum Gasteiger partial charge on any atom is -0.308 e. The lowest BCUT2D eigenvalue weighted by Crippen LogP contribution is -2.20. The Labute approximate surface area is 85.9 Å². The van der Waals surface area contributed by atoms with Crippen molar-refractivity contribution in [2.75, 3.05) is 5.75 Å². The van der Waals surface area contributed by atoms with Crippen molar-refractivity contribution in [2.24, 2.45) is 0 Å². The summed E-state index contributed by atoms with van der Waals surface area (Å²) < 4.78 is 1.29. The Morgan fingerprint density at radius 1 is 1.64 bits per heavy atom. The van der Waals surface area contributed by atoms with E-state index in [4.69, 9.17) is 0 Å². The van der Waals surface area contributed by atoms with Gasteiger partial charge in [-0.05, 0) is 6.92 Å². The van der Waals surface area contributed by atoms with Crippen LogP contribution < -0.4 is 5.56 Å². The molecule has 0 aliphatic carbocycles. The molecule has 76 valence electrons. The van der Waals surface area contributed by atoms with Crippen LogP contribution >= 0.6 is 12.6 Å². The molecule has 0 saturated carbocycles. The lowest BCUT2D eigenvalue weighted by molar-refractivity contribution is -0.385. The first-order valence-electron chi connectivity index (χ1n) is 4.02. The van der Waals surface area contributed by atoms with Gasteiger partial charge in [-0.25, -0.2) is 0 Å². The Bertz CT molecular complexity index is 414. The second kappa shape index (κ2) is 4.28. The molecule has 5 nitrogen and oxygen atoms in total. The highest BCUT2D eigenvalue weighted by molar-refractivity contribution is 7.80. The van der Waals surface area contributed by atoms with Crippen LogP contribution in [0.5, 0.6) is 0 Å². The number of nitrogens with zero attached hydrogens (tertiary/aromatic N) is 2. The number of thiol groups is 1. The molecule has 0 aliphatic heterocycles. The zero-order valence-electron chi connectivity index (χ0n) is 7.64. The summed E-state index contributed by atoms with van der Waals surface area (Å²) in [5.41, 5.74) is 0.115. The third kappa shape index (κ3) is 2.14. The fraction of sp³-hybridized carbons (Fsp3) is 0.375. The van der Waals surface area contributed by atoms with E-state index < -0.39 is 4.92 Å². The highest BCUT2D eigenvalue weighted by Crippen LogP contribution is 2.13. The molecule has 0 aromatic carbocycles. The second-order valence-electron chi connectivity index (χ2n) is 2.85. The van der Waals surface area contributed by atoms with Crippen molar-refractivity contribution >= 4 is 18.3 Å². The van der Waals surface area contributed by atoms with Gasteiger partial charge < -0.3 is 4.57 Å². The Hall–Kier alpha value is -1.30. The number of rotatable bonds is 3. The van der Waals surface area contributed by atoms with Gasteiger partial charge in [0.15, 0.2) is 0 Å². The van der Waals surface area contributed by atoms with Crippen molar-refractivity contribution in [2.45, 2.75) is 13.5 Å². The summed E-state index contributed by atoms with van der Waals surface area (Å²) in [4.78, 5) is 21.4. The number of aryl methyl sites for hydroxylation is 2. The summed E-state index contributed by atoms with van der Waals surface area (Å²) in [5.74, 6) is 0.472. The zero-order valence-corrected chi connectivity index (χ0v) is 8.53. The van der Waals surface area contributed by atoms with E-state index in [1.165, 1.54) is 16.8 Å². The predicted octanol–water partition coefficient (Wildman–Crippen LogP) is 0.995. The molecule has 0 bridgehead atoms. The van der Waals surface area contributed by atoms with Crippen LogP contribution in [0.25, 0.3) is 0 Å². The van der Waals surface area contributed by atoms with Gasteiger partial charge in [0.25, 0.3) is 11.2 Å². The lowest BCUT2D eigenvalue weighted by atomic mass is 10.2. The SMILES string of the molecule is Cc1cc(=O)n(CCS)cc1[N+](=O)[O-].